The molecule has 1 rings (SSSR count). The molecule has 1 aliphatic rings. The van der Waals surface area contributed by atoms with E-state index in [0.29, 0.717) is 12.6 Å². The number of primary amides is 1. The van der Waals surface area contributed by atoms with E-state index in [4.69, 9.17) is 31.3 Å². The average Bonchev–Trinajstić information content (AvgIpc) is 2.40. The second-order valence-corrected chi connectivity index (χ2v) is 4.69. The number of likely N-dealkylation sites (tertiary alicyclic amines) is 1. The number of nitrogens with two attached hydrogens (primary N) is 2. The Morgan fingerprint density at radius 2 is 1.20 bits per heavy atom. The molecule has 1 aliphatic heterocycles. The van der Waals surface area contributed by atoms with Crippen LogP contribution in [-0.2, 0) is 14.4 Å². The molecule has 0 aromatic heterocycles. The zero-order chi connectivity index (χ0) is 20.4. The Labute approximate surface area is 137 Å². The molecular formula is C11H17F6N3O5. The quantitative estimate of drug-likeness (QED) is 0.495. The van der Waals surface area contributed by atoms with Crippen molar-refractivity contribution in [2.75, 3.05) is 19.6 Å². The third-order valence-corrected chi connectivity index (χ3v) is 2.50. The summed E-state index contributed by atoms with van der Waals surface area (Å²) in [6.45, 7) is 2.20. The van der Waals surface area contributed by atoms with Crippen LogP contribution >= 0.6 is 0 Å². The number of amides is 1. The second kappa shape index (κ2) is 10.7. The monoisotopic (exact) mass is 385 g/mol. The fourth-order valence-electron chi connectivity index (χ4n) is 1.33. The topological polar surface area (TPSA) is 147 Å². The maximum Gasteiger partial charge on any atom is 0.490 e. The summed E-state index contributed by atoms with van der Waals surface area (Å²) in [6, 6.07) is 0.319. The normalized spacial score (nSPS) is 16.0. The van der Waals surface area contributed by atoms with Gasteiger partial charge in [-0.3, -0.25) is 9.69 Å². The van der Waals surface area contributed by atoms with E-state index in [-0.39, 0.29) is 5.91 Å². The summed E-state index contributed by atoms with van der Waals surface area (Å²) >= 11 is 0. The molecule has 1 amide bonds. The van der Waals surface area contributed by atoms with Gasteiger partial charge in [-0.2, -0.15) is 26.3 Å². The maximum atomic E-state index is 10.6. The van der Waals surface area contributed by atoms with Crippen molar-refractivity contribution in [3.8, 4) is 0 Å². The molecule has 1 saturated heterocycles. The van der Waals surface area contributed by atoms with Gasteiger partial charge in [0.2, 0.25) is 5.91 Å². The number of hydrogen-bond acceptors (Lipinski definition) is 5. The zero-order valence-corrected chi connectivity index (χ0v) is 12.6. The highest BCUT2D eigenvalue weighted by atomic mass is 19.4. The van der Waals surface area contributed by atoms with Crippen LogP contribution in [0.25, 0.3) is 0 Å². The number of carbonyl (C=O) groups excluding carboxylic acids is 1. The van der Waals surface area contributed by atoms with Crippen LogP contribution in [0.5, 0.6) is 0 Å². The lowest BCUT2D eigenvalue weighted by Gasteiger charge is -2.28. The SMILES string of the molecule is NC(=O)CN1CCC(N)CC1.O=C(O)C(F)(F)F.O=C(O)C(F)(F)F. The van der Waals surface area contributed by atoms with Crippen LogP contribution in [0.4, 0.5) is 26.3 Å². The third kappa shape index (κ3) is 15.2. The van der Waals surface area contributed by atoms with Crippen molar-refractivity contribution < 1.29 is 50.9 Å². The Kier molecular flexibility index (Phi) is 10.8. The number of alkyl halides is 6. The number of hydrogen-bond donors (Lipinski definition) is 4. The molecule has 0 radical (unpaired) electrons. The number of carboxylic acids is 2. The van der Waals surface area contributed by atoms with Crippen LogP contribution < -0.4 is 11.5 Å². The lowest BCUT2D eigenvalue weighted by atomic mass is 10.1. The molecule has 6 N–H and O–H groups in total. The minimum atomic E-state index is -5.08. The molecule has 0 aromatic carbocycles. The molecule has 0 atom stereocenters. The minimum absolute atomic E-state index is 0.250. The Bertz CT molecular complexity index is 422. The molecule has 0 unspecified atom stereocenters. The van der Waals surface area contributed by atoms with Crippen molar-refractivity contribution >= 4 is 17.8 Å². The van der Waals surface area contributed by atoms with Gasteiger partial charge >= 0.3 is 24.3 Å². The summed E-state index contributed by atoms with van der Waals surface area (Å²) in [4.78, 5) is 30.3. The van der Waals surface area contributed by atoms with Crippen LogP contribution in [0.2, 0.25) is 0 Å². The van der Waals surface area contributed by atoms with E-state index in [1.807, 2.05) is 4.90 Å². The van der Waals surface area contributed by atoms with Gasteiger partial charge < -0.3 is 21.7 Å². The van der Waals surface area contributed by atoms with Gasteiger partial charge in [0.15, 0.2) is 0 Å². The van der Waals surface area contributed by atoms with Gasteiger partial charge in [0.05, 0.1) is 6.54 Å². The Balaban J connectivity index is 0. The van der Waals surface area contributed by atoms with Crippen molar-refractivity contribution in [3.05, 3.63) is 0 Å². The molecule has 0 aliphatic carbocycles. The molecule has 0 bridgehead atoms. The van der Waals surface area contributed by atoms with E-state index in [0.717, 1.165) is 25.9 Å². The predicted molar refractivity (Wildman–Crippen MR) is 70.2 cm³/mol. The summed E-state index contributed by atoms with van der Waals surface area (Å²) in [7, 11) is 0. The highest BCUT2D eigenvalue weighted by molar-refractivity contribution is 5.76. The summed E-state index contributed by atoms with van der Waals surface area (Å²) in [5.41, 5.74) is 10.7. The molecule has 0 saturated carbocycles. The van der Waals surface area contributed by atoms with E-state index >= 15 is 0 Å². The van der Waals surface area contributed by atoms with Crippen LogP contribution in [0, 0.1) is 0 Å². The van der Waals surface area contributed by atoms with Gasteiger partial charge in [-0.1, -0.05) is 0 Å². The van der Waals surface area contributed by atoms with Gasteiger partial charge in [-0.25, -0.2) is 9.59 Å². The number of halogens is 6. The molecule has 0 aromatic rings. The molecule has 8 nitrogen and oxygen atoms in total. The number of nitrogens with zero attached hydrogens (tertiary/aromatic N) is 1. The molecule has 0 spiro atoms. The molecule has 1 heterocycles. The Hall–Kier alpha value is -2.09. The van der Waals surface area contributed by atoms with Gasteiger partial charge in [0.25, 0.3) is 0 Å². The second-order valence-electron chi connectivity index (χ2n) is 4.69. The molecule has 148 valence electrons. The molecule has 25 heavy (non-hydrogen) atoms. The largest absolute Gasteiger partial charge is 0.490 e. The van der Waals surface area contributed by atoms with Gasteiger partial charge in [0.1, 0.15) is 0 Å². The van der Waals surface area contributed by atoms with Crippen LogP contribution in [0.3, 0.4) is 0 Å². The minimum Gasteiger partial charge on any atom is -0.475 e. The average molecular weight is 385 g/mol. The first-order valence-corrected chi connectivity index (χ1v) is 6.43. The highest BCUT2D eigenvalue weighted by Gasteiger charge is 2.38. The van der Waals surface area contributed by atoms with Crippen molar-refractivity contribution in [1.29, 1.82) is 0 Å². The first-order chi connectivity index (χ1) is 11.1. The molecular weight excluding hydrogens is 368 g/mol. The number of rotatable bonds is 2. The van der Waals surface area contributed by atoms with Crippen LogP contribution in [0.1, 0.15) is 12.8 Å². The van der Waals surface area contributed by atoms with Crippen molar-refractivity contribution in [2.45, 2.75) is 31.2 Å². The Morgan fingerprint density at radius 3 is 1.40 bits per heavy atom. The smallest absolute Gasteiger partial charge is 0.475 e. The van der Waals surface area contributed by atoms with Crippen molar-refractivity contribution in [1.82, 2.24) is 4.90 Å². The Morgan fingerprint density at radius 1 is 0.920 bits per heavy atom. The number of piperidine rings is 1. The fourth-order valence-corrected chi connectivity index (χ4v) is 1.33. The number of carboxylic acid groups (broad SMARTS) is 2. The van der Waals surface area contributed by atoms with E-state index in [9.17, 15) is 31.1 Å². The van der Waals surface area contributed by atoms with Gasteiger partial charge in [-0.05, 0) is 12.8 Å². The van der Waals surface area contributed by atoms with Crippen molar-refractivity contribution in [2.24, 2.45) is 11.5 Å². The van der Waals surface area contributed by atoms with E-state index in [1.54, 1.807) is 0 Å². The first-order valence-electron chi connectivity index (χ1n) is 6.43. The predicted octanol–water partition coefficient (Wildman–Crippen LogP) is 0.161. The summed E-state index contributed by atoms with van der Waals surface area (Å²) in [6.07, 6.45) is -8.21. The summed E-state index contributed by atoms with van der Waals surface area (Å²) in [5, 5.41) is 14.2. The number of carbonyl (C=O) groups is 3. The molecule has 14 heteroatoms. The van der Waals surface area contributed by atoms with Gasteiger partial charge in [-0.15, -0.1) is 0 Å². The summed E-state index contributed by atoms with van der Waals surface area (Å²) in [5.74, 6) is -5.76. The molecule has 1 fully saturated rings. The van der Waals surface area contributed by atoms with Crippen LogP contribution in [-0.4, -0.2) is 71.0 Å². The lowest BCUT2D eigenvalue weighted by molar-refractivity contribution is -0.193. The fraction of sp³-hybridized carbons (Fsp3) is 0.727. The number of aliphatic carboxylic acids is 2. The lowest BCUT2D eigenvalue weighted by Crippen LogP contribution is -2.43. The van der Waals surface area contributed by atoms with Gasteiger partial charge in [0, 0.05) is 19.1 Å². The third-order valence-electron chi connectivity index (χ3n) is 2.50. The standard InChI is InChI=1S/C7H15N3O.2C2HF3O2/c8-6-1-3-10(4-2-6)5-7(9)11;2*3-2(4,5)1(6)7/h6H,1-5,8H2,(H2,9,11);2*(H,6,7). The highest BCUT2D eigenvalue weighted by Crippen LogP contribution is 2.13. The summed E-state index contributed by atoms with van der Waals surface area (Å²) < 4.78 is 63.5. The maximum absolute atomic E-state index is 10.6. The van der Waals surface area contributed by atoms with E-state index < -0.39 is 24.3 Å². The van der Waals surface area contributed by atoms with E-state index in [2.05, 4.69) is 0 Å². The van der Waals surface area contributed by atoms with Crippen molar-refractivity contribution in [3.63, 3.8) is 0 Å². The van der Waals surface area contributed by atoms with E-state index in [1.165, 1.54) is 0 Å². The van der Waals surface area contributed by atoms with Crippen LogP contribution in [0.15, 0.2) is 0 Å². The first kappa shape index (κ1) is 25.2. The zero-order valence-electron chi connectivity index (χ0n) is 12.6.